The predicted octanol–water partition coefficient (Wildman–Crippen LogP) is 8.27. The van der Waals surface area contributed by atoms with E-state index in [9.17, 15) is 4.79 Å². The first-order valence-electron chi connectivity index (χ1n) is 17.5. The van der Waals surface area contributed by atoms with Crippen molar-refractivity contribution in [2.75, 3.05) is 20.8 Å². The van der Waals surface area contributed by atoms with Crippen molar-refractivity contribution in [3.05, 3.63) is 72.8 Å². The van der Waals surface area contributed by atoms with Crippen LogP contribution in [0.5, 0.6) is 0 Å². The summed E-state index contributed by atoms with van der Waals surface area (Å²) in [7, 11) is -1.40. The summed E-state index contributed by atoms with van der Waals surface area (Å²) in [5, 5.41) is 3.98. The Bertz CT molecular complexity index is 1230. The summed E-state index contributed by atoms with van der Waals surface area (Å²) in [5.41, 5.74) is 1.16. The molecule has 0 saturated carbocycles. The highest BCUT2D eigenvalue weighted by molar-refractivity contribution is 6.99. The SMILES string of the molecule is C=C1CC(CCCO[Si](c2ccccc2)(c2ccccc2)C(C)(C)C)OC1CC[C@H](CC(C)C(=O)N(C)OC)O[Si](C)(C)C(C)(C)C. The van der Waals surface area contributed by atoms with E-state index < -0.39 is 16.6 Å². The fraction of sp³-hybridized carbons (Fsp3) is 0.615. The minimum atomic E-state index is -2.55. The third kappa shape index (κ3) is 9.99. The van der Waals surface area contributed by atoms with E-state index >= 15 is 0 Å². The van der Waals surface area contributed by atoms with Gasteiger partial charge in [-0.3, -0.25) is 9.63 Å². The Morgan fingerprint density at radius 1 is 0.957 bits per heavy atom. The third-order valence-corrected chi connectivity index (χ3v) is 19.9. The maximum atomic E-state index is 12.8. The first kappa shape index (κ1) is 39.4. The Labute approximate surface area is 288 Å². The lowest BCUT2D eigenvalue weighted by Crippen LogP contribution is -2.66. The van der Waals surface area contributed by atoms with E-state index in [0.29, 0.717) is 13.0 Å². The van der Waals surface area contributed by atoms with Crippen LogP contribution in [0.25, 0.3) is 0 Å². The summed E-state index contributed by atoms with van der Waals surface area (Å²) in [6.07, 6.45) is 5.19. The molecular weight excluding hydrogens is 619 g/mol. The molecule has 1 aliphatic rings. The second-order valence-electron chi connectivity index (χ2n) is 16.0. The lowest BCUT2D eigenvalue weighted by atomic mass is 9.96. The Morgan fingerprint density at radius 2 is 1.51 bits per heavy atom. The molecule has 1 aliphatic heterocycles. The molecule has 1 heterocycles. The Morgan fingerprint density at radius 3 is 2.00 bits per heavy atom. The number of nitrogens with zero attached hydrogens (tertiary/aromatic N) is 1. The summed E-state index contributed by atoms with van der Waals surface area (Å²) in [6, 6.07) is 21.7. The van der Waals surface area contributed by atoms with Gasteiger partial charge in [0, 0.05) is 25.7 Å². The maximum absolute atomic E-state index is 12.8. The molecule has 2 aromatic carbocycles. The molecule has 4 atom stereocenters. The zero-order chi connectivity index (χ0) is 35.0. The van der Waals surface area contributed by atoms with Crippen molar-refractivity contribution in [3.8, 4) is 0 Å². The molecule has 0 spiro atoms. The molecule has 47 heavy (non-hydrogen) atoms. The summed E-state index contributed by atoms with van der Waals surface area (Å²) in [6.45, 7) is 25.4. The van der Waals surface area contributed by atoms with Crippen LogP contribution < -0.4 is 10.4 Å². The van der Waals surface area contributed by atoms with Crippen LogP contribution in [0, 0.1) is 5.92 Å². The molecule has 262 valence electrons. The van der Waals surface area contributed by atoms with Gasteiger partial charge in [0.25, 0.3) is 8.32 Å². The standard InChI is InChI=1S/C39H63NO5Si2/c1-30-28-32(20-19-27-43-47(39(6,7)8,34-21-15-13-16-22-34)35-23-17-14-18-24-35)44-36(30)26-25-33(45-46(11,12)38(3,4)5)29-31(2)37(41)40(9)42-10/h13-18,21-24,31-33,36H,1,19-20,25-29H2,2-12H3/t31?,32?,33-,36?/m1/s1. The molecule has 1 fully saturated rings. The van der Waals surface area contributed by atoms with Crippen molar-refractivity contribution in [1.29, 1.82) is 0 Å². The van der Waals surface area contributed by atoms with Crippen LogP contribution >= 0.6 is 0 Å². The summed E-state index contributed by atoms with van der Waals surface area (Å²) in [5.74, 6) is -0.232. The highest BCUT2D eigenvalue weighted by atomic mass is 28.4. The number of rotatable bonds is 16. The number of carbonyl (C=O) groups is 1. The number of amides is 1. The van der Waals surface area contributed by atoms with Crippen LogP contribution in [0.4, 0.5) is 0 Å². The normalized spacial score (nSPS) is 19.1. The minimum absolute atomic E-state index is 0.00997. The van der Waals surface area contributed by atoms with E-state index in [4.69, 9.17) is 18.4 Å². The molecule has 0 N–H and O–H groups in total. The zero-order valence-electron chi connectivity index (χ0n) is 31.2. The number of hydroxylamine groups is 2. The van der Waals surface area contributed by atoms with Gasteiger partial charge < -0.3 is 13.6 Å². The number of benzene rings is 2. The Hall–Kier alpha value is -2.08. The van der Waals surface area contributed by atoms with Gasteiger partial charge in [0.15, 0.2) is 8.32 Å². The molecule has 1 amide bonds. The van der Waals surface area contributed by atoms with Gasteiger partial charge in [0.1, 0.15) is 0 Å². The average Bonchev–Trinajstić information content (AvgIpc) is 3.37. The van der Waals surface area contributed by atoms with Crippen LogP contribution in [0.1, 0.15) is 87.0 Å². The van der Waals surface area contributed by atoms with E-state index in [0.717, 1.165) is 37.7 Å². The lowest BCUT2D eigenvalue weighted by molar-refractivity contribution is -0.173. The van der Waals surface area contributed by atoms with Gasteiger partial charge in [-0.2, -0.15) is 0 Å². The van der Waals surface area contributed by atoms with Gasteiger partial charge >= 0.3 is 0 Å². The largest absolute Gasteiger partial charge is 0.414 e. The molecule has 0 bridgehead atoms. The smallest absolute Gasteiger partial charge is 0.261 e. The summed E-state index contributed by atoms with van der Waals surface area (Å²) in [4.78, 5) is 18.0. The summed E-state index contributed by atoms with van der Waals surface area (Å²) < 4.78 is 20.6. The van der Waals surface area contributed by atoms with Crippen molar-refractivity contribution < 1.29 is 23.2 Å². The fourth-order valence-electron chi connectivity index (χ4n) is 6.59. The Kier molecular flexibility index (Phi) is 13.9. The van der Waals surface area contributed by atoms with Gasteiger partial charge in [-0.05, 0) is 77.6 Å². The molecule has 3 rings (SSSR count). The minimum Gasteiger partial charge on any atom is -0.414 e. The number of carbonyl (C=O) groups excluding carboxylic acids is 1. The lowest BCUT2D eigenvalue weighted by Gasteiger charge is -2.43. The van der Waals surface area contributed by atoms with Crippen LogP contribution in [0.2, 0.25) is 23.2 Å². The molecule has 2 aromatic rings. The number of ether oxygens (including phenoxy) is 1. The van der Waals surface area contributed by atoms with Crippen molar-refractivity contribution in [3.63, 3.8) is 0 Å². The second kappa shape index (κ2) is 16.6. The van der Waals surface area contributed by atoms with Crippen molar-refractivity contribution >= 4 is 32.9 Å². The molecular formula is C39H63NO5Si2. The van der Waals surface area contributed by atoms with Crippen molar-refractivity contribution in [2.24, 2.45) is 5.92 Å². The van der Waals surface area contributed by atoms with Crippen LogP contribution in [-0.2, 0) is 23.2 Å². The molecule has 8 heteroatoms. The average molecular weight is 682 g/mol. The topological polar surface area (TPSA) is 57.2 Å². The van der Waals surface area contributed by atoms with Crippen LogP contribution in [0.3, 0.4) is 0 Å². The fourth-order valence-corrected chi connectivity index (χ4v) is 12.6. The first-order chi connectivity index (χ1) is 21.9. The van der Waals surface area contributed by atoms with Gasteiger partial charge in [-0.25, -0.2) is 5.06 Å². The quantitative estimate of drug-likeness (QED) is 0.0773. The van der Waals surface area contributed by atoms with Gasteiger partial charge in [0.05, 0.1) is 19.3 Å². The second-order valence-corrected chi connectivity index (χ2v) is 25.1. The molecule has 0 radical (unpaired) electrons. The van der Waals surface area contributed by atoms with Crippen molar-refractivity contribution in [1.82, 2.24) is 5.06 Å². The predicted molar refractivity (Wildman–Crippen MR) is 200 cm³/mol. The van der Waals surface area contributed by atoms with E-state index in [1.165, 1.54) is 22.5 Å². The van der Waals surface area contributed by atoms with E-state index in [1.807, 2.05) is 6.92 Å². The molecule has 1 saturated heterocycles. The van der Waals surface area contributed by atoms with Gasteiger partial charge in [-0.1, -0.05) is 116 Å². The maximum Gasteiger partial charge on any atom is 0.261 e. The van der Waals surface area contributed by atoms with Crippen molar-refractivity contribution in [2.45, 2.75) is 128 Å². The molecule has 3 unspecified atom stereocenters. The van der Waals surface area contributed by atoms with E-state index in [-0.39, 0.29) is 40.2 Å². The van der Waals surface area contributed by atoms with E-state index in [1.54, 1.807) is 7.05 Å². The summed E-state index contributed by atoms with van der Waals surface area (Å²) >= 11 is 0. The van der Waals surface area contributed by atoms with Gasteiger partial charge in [-0.15, -0.1) is 0 Å². The molecule has 6 nitrogen and oxygen atoms in total. The highest BCUT2D eigenvalue weighted by Crippen LogP contribution is 2.40. The number of hydrogen-bond acceptors (Lipinski definition) is 5. The van der Waals surface area contributed by atoms with E-state index in [2.05, 4.69) is 122 Å². The Balaban J connectivity index is 1.64. The van der Waals surface area contributed by atoms with Crippen LogP contribution in [0.15, 0.2) is 72.8 Å². The van der Waals surface area contributed by atoms with Crippen LogP contribution in [-0.4, -0.2) is 66.7 Å². The monoisotopic (exact) mass is 681 g/mol. The molecule has 0 aliphatic carbocycles. The molecule has 0 aromatic heterocycles. The third-order valence-electron chi connectivity index (χ3n) is 10.3. The van der Waals surface area contributed by atoms with Gasteiger partial charge in [0.2, 0.25) is 5.91 Å². The number of hydrogen-bond donors (Lipinski definition) is 0. The zero-order valence-corrected chi connectivity index (χ0v) is 33.2. The highest BCUT2D eigenvalue weighted by Gasteiger charge is 2.50. The first-order valence-corrected chi connectivity index (χ1v) is 22.3.